The molecule has 1 aliphatic heterocycles. The van der Waals surface area contributed by atoms with Crippen LogP contribution in [0, 0.1) is 6.92 Å². The summed E-state index contributed by atoms with van der Waals surface area (Å²) in [6.45, 7) is 2.23. The zero-order chi connectivity index (χ0) is 22.0. The van der Waals surface area contributed by atoms with Crippen molar-refractivity contribution in [2.24, 2.45) is 0 Å². The van der Waals surface area contributed by atoms with Crippen LogP contribution >= 0.6 is 11.3 Å². The van der Waals surface area contributed by atoms with Crippen LogP contribution in [0.5, 0.6) is 0 Å². The summed E-state index contributed by atoms with van der Waals surface area (Å²) in [6, 6.07) is 43.2. The van der Waals surface area contributed by atoms with Crippen molar-refractivity contribution < 1.29 is 0 Å². The normalized spacial score (nSPS) is 13.8. The summed E-state index contributed by atoms with van der Waals surface area (Å²) in [4.78, 5) is 0. The van der Waals surface area contributed by atoms with E-state index in [2.05, 4.69) is 122 Å². The van der Waals surface area contributed by atoms with E-state index in [1.165, 1.54) is 57.6 Å². The largest absolute Gasteiger partial charge is 0.180 e. The van der Waals surface area contributed by atoms with Crippen LogP contribution in [0.15, 0.2) is 115 Å². The second-order valence-corrected chi connectivity index (χ2v) is 13.7. The Morgan fingerprint density at radius 2 is 1.15 bits per heavy atom. The molecule has 1 aliphatic rings. The summed E-state index contributed by atoms with van der Waals surface area (Å²) in [7, 11) is -2.40. The molecule has 0 unspecified atom stereocenters. The number of fused-ring (bicyclic) bond motifs is 7. The molecule has 156 valence electrons. The molecule has 0 aliphatic carbocycles. The summed E-state index contributed by atoms with van der Waals surface area (Å²) in [5.74, 6) is 0. The summed E-state index contributed by atoms with van der Waals surface area (Å²) in [6.07, 6.45) is 0. The van der Waals surface area contributed by atoms with Crippen molar-refractivity contribution in [1.29, 1.82) is 0 Å². The predicted molar refractivity (Wildman–Crippen MR) is 147 cm³/mol. The molecule has 2 heterocycles. The van der Waals surface area contributed by atoms with Crippen LogP contribution in [-0.4, -0.2) is 8.07 Å². The van der Waals surface area contributed by atoms with Gasteiger partial charge < -0.3 is 0 Å². The molecule has 0 saturated heterocycles. The van der Waals surface area contributed by atoms with E-state index in [1.54, 1.807) is 0 Å². The highest BCUT2D eigenvalue weighted by Crippen LogP contribution is 2.42. The third-order valence-electron chi connectivity index (χ3n) is 7.28. The van der Waals surface area contributed by atoms with Gasteiger partial charge in [-0.2, -0.15) is 0 Å². The fourth-order valence-electron chi connectivity index (χ4n) is 5.92. The van der Waals surface area contributed by atoms with Crippen molar-refractivity contribution in [3.8, 4) is 11.1 Å². The van der Waals surface area contributed by atoms with Gasteiger partial charge in [0.05, 0.1) is 0 Å². The molecular formula is C31H22SSi. The predicted octanol–water partition coefficient (Wildman–Crippen LogP) is 5.72. The summed E-state index contributed by atoms with van der Waals surface area (Å²) in [5, 5.41) is 8.72. The molecule has 0 amide bonds. The molecular weight excluding hydrogens is 432 g/mol. The summed E-state index contributed by atoms with van der Waals surface area (Å²) < 4.78 is 2.85. The second-order valence-electron chi connectivity index (χ2n) is 8.95. The minimum atomic E-state index is -2.40. The summed E-state index contributed by atoms with van der Waals surface area (Å²) >= 11 is 1.97. The van der Waals surface area contributed by atoms with E-state index in [1.807, 2.05) is 11.3 Å². The first-order chi connectivity index (χ1) is 16.3. The Kier molecular flexibility index (Phi) is 4.05. The highest BCUT2D eigenvalue weighted by atomic mass is 32.1. The van der Waals surface area contributed by atoms with E-state index in [-0.39, 0.29) is 0 Å². The lowest BCUT2D eigenvalue weighted by atomic mass is 10.0. The average Bonchev–Trinajstić information content (AvgIpc) is 3.40. The zero-order valence-corrected chi connectivity index (χ0v) is 20.2. The highest BCUT2D eigenvalue weighted by Gasteiger charge is 2.49. The third kappa shape index (κ3) is 2.45. The van der Waals surface area contributed by atoms with Crippen molar-refractivity contribution in [2.75, 3.05) is 0 Å². The first-order valence-electron chi connectivity index (χ1n) is 11.5. The number of hydrogen-bond donors (Lipinski definition) is 0. The molecule has 0 fully saturated rings. The van der Waals surface area contributed by atoms with Crippen molar-refractivity contribution in [3.63, 3.8) is 0 Å². The average molecular weight is 455 g/mol. The van der Waals surface area contributed by atoms with Crippen molar-refractivity contribution in [3.05, 3.63) is 121 Å². The minimum Gasteiger partial charge on any atom is -0.134 e. The molecule has 0 N–H and O–H groups in total. The van der Waals surface area contributed by atoms with Gasteiger partial charge >= 0.3 is 0 Å². The maximum atomic E-state index is 2.46. The van der Waals surface area contributed by atoms with Gasteiger partial charge in [0.25, 0.3) is 0 Å². The Morgan fingerprint density at radius 1 is 0.515 bits per heavy atom. The highest BCUT2D eigenvalue weighted by molar-refractivity contribution is 7.28. The van der Waals surface area contributed by atoms with Gasteiger partial charge in [-0.05, 0) is 44.4 Å². The standard InChI is InChI=1S/C31H22SSi/c1-21-11-10-17-24-25-19-20-28-29(31(25)32-30(21)24)26-16-8-9-18-27(26)33(28,22-12-4-2-5-13-22)23-14-6-3-7-15-23/h2-20H,1H3. The van der Waals surface area contributed by atoms with E-state index >= 15 is 0 Å². The number of benzene rings is 5. The Balaban J connectivity index is 1.71. The SMILES string of the molecule is Cc1cccc2c1sc1c3c(ccc12)[Si](c1ccccc1)(c1ccccc1)c1ccccc1-3. The number of hydrogen-bond acceptors (Lipinski definition) is 1. The van der Waals surface area contributed by atoms with Gasteiger partial charge in [-0.3, -0.25) is 0 Å². The van der Waals surface area contributed by atoms with Crippen molar-refractivity contribution in [1.82, 2.24) is 0 Å². The smallest absolute Gasteiger partial charge is 0.134 e. The number of aryl methyl sites for hydroxylation is 1. The van der Waals surface area contributed by atoms with Gasteiger partial charge in [0, 0.05) is 20.2 Å². The van der Waals surface area contributed by atoms with Crippen LogP contribution in [0.2, 0.25) is 0 Å². The van der Waals surface area contributed by atoms with Gasteiger partial charge in [-0.15, -0.1) is 11.3 Å². The minimum absolute atomic E-state index is 1.36. The van der Waals surface area contributed by atoms with Gasteiger partial charge in [0.15, 0.2) is 8.07 Å². The molecule has 0 radical (unpaired) electrons. The lowest BCUT2D eigenvalue weighted by Crippen LogP contribution is -2.72. The first kappa shape index (κ1) is 19.0. The van der Waals surface area contributed by atoms with Crippen LogP contribution in [-0.2, 0) is 0 Å². The van der Waals surface area contributed by atoms with E-state index in [0.29, 0.717) is 0 Å². The van der Waals surface area contributed by atoms with Crippen LogP contribution in [0.3, 0.4) is 0 Å². The van der Waals surface area contributed by atoms with E-state index in [9.17, 15) is 0 Å². The topological polar surface area (TPSA) is 0 Å². The molecule has 6 aromatic rings. The fraction of sp³-hybridized carbons (Fsp3) is 0.0323. The van der Waals surface area contributed by atoms with Gasteiger partial charge in [0.2, 0.25) is 0 Å². The monoisotopic (exact) mass is 454 g/mol. The molecule has 0 spiro atoms. The summed E-state index contributed by atoms with van der Waals surface area (Å²) in [5.41, 5.74) is 4.24. The maximum absolute atomic E-state index is 2.46. The lowest BCUT2D eigenvalue weighted by molar-refractivity contribution is 1.56. The first-order valence-corrected chi connectivity index (χ1v) is 14.3. The van der Waals surface area contributed by atoms with E-state index in [4.69, 9.17) is 0 Å². The molecule has 0 nitrogen and oxygen atoms in total. The maximum Gasteiger partial charge on any atom is 0.180 e. The van der Waals surface area contributed by atoms with Crippen LogP contribution in [0.1, 0.15) is 5.56 Å². The third-order valence-corrected chi connectivity index (χ3v) is 13.5. The molecule has 2 heteroatoms. The van der Waals surface area contributed by atoms with Gasteiger partial charge in [-0.25, -0.2) is 0 Å². The van der Waals surface area contributed by atoms with Gasteiger partial charge in [-0.1, -0.05) is 115 Å². The molecule has 1 aromatic heterocycles. The Labute approximate surface area is 198 Å². The van der Waals surface area contributed by atoms with Crippen LogP contribution < -0.4 is 20.7 Å². The number of thiophene rings is 1. The molecule has 33 heavy (non-hydrogen) atoms. The molecule has 5 aromatic carbocycles. The number of rotatable bonds is 2. The second kappa shape index (κ2) is 7.02. The van der Waals surface area contributed by atoms with Gasteiger partial charge in [0.1, 0.15) is 0 Å². The van der Waals surface area contributed by atoms with Crippen molar-refractivity contribution in [2.45, 2.75) is 6.92 Å². The molecule has 7 rings (SSSR count). The molecule has 0 bridgehead atoms. The van der Waals surface area contributed by atoms with E-state index < -0.39 is 8.07 Å². The fourth-order valence-corrected chi connectivity index (χ4v) is 12.5. The Hall–Kier alpha value is -3.46. The lowest BCUT2D eigenvalue weighted by Gasteiger charge is -2.31. The zero-order valence-electron chi connectivity index (χ0n) is 18.4. The van der Waals surface area contributed by atoms with E-state index in [0.717, 1.165) is 0 Å². The Morgan fingerprint density at radius 3 is 1.88 bits per heavy atom. The Bertz CT molecular complexity index is 1620. The quantitative estimate of drug-likeness (QED) is 0.293. The van der Waals surface area contributed by atoms with Crippen molar-refractivity contribution >= 4 is 60.3 Å². The molecule has 0 atom stereocenters. The van der Waals surface area contributed by atoms with Crippen LogP contribution in [0.4, 0.5) is 0 Å². The van der Waals surface area contributed by atoms with Crippen LogP contribution in [0.25, 0.3) is 31.3 Å². The molecule has 0 saturated carbocycles.